The van der Waals surface area contributed by atoms with Crippen molar-refractivity contribution in [1.82, 2.24) is 23.9 Å². The molecule has 0 aliphatic carbocycles. The fourth-order valence-electron chi connectivity index (χ4n) is 3.51. The van der Waals surface area contributed by atoms with Crippen molar-refractivity contribution in [3.63, 3.8) is 0 Å². The van der Waals surface area contributed by atoms with Gasteiger partial charge in [0.05, 0.1) is 5.52 Å². The van der Waals surface area contributed by atoms with Crippen molar-refractivity contribution < 1.29 is 9.21 Å². The van der Waals surface area contributed by atoms with E-state index in [1.807, 2.05) is 36.4 Å². The van der Waals surface area contributed by atoms with Crippen molar-refractivity contribution in [2.24, 2.45) is 0 Å². The Bertz CT molecular complexity index is 994. The first kappa shape index (κ1) is 17.5. The van der Waals surface area contributed by atoms with Crippen LogP contribution in [0, 0.1) is 6.92 Å². The average Bonchev–Trinajstić information content (AvgIpc) is 3.23. The number of rotatable bonds is 5. The zero-order chi connectivity index (χ0) is 18.8. The van der Waals surface area contributed by atoms with Crippen LogP contribution in [-0.2, 0) is 17.9 Å². The lowest BCUT2D eigenvalue weighted by Gasteiger charge is -2.34. The normalized spacial score (nSPS) is 15.5. The first-order valence-corrected chi connectivity index (χ1v) is 9.18. The lowest BCUT2D eigenvalue weighted by atomic mass is 10.3. The molecular weight excluding hydrogens is 346 g/mol. The summed E-state index contributed by atoms with van der Waals surface area (Å²) in [5, 5.41) is 0. The molecule has 0 unspecified atom stereocenters. The molecule has 0 saturated carbocycles. The van der Waals surface area contributed by atoms with Gasteiger partial charge in [0.1, 0.15) is 12.4 Å². The van der Waals surface area contributed by atoms with Gasteiger partial charge in [0.2, 0.25) is 5.91 Å². The number of para-hydroxylation sites is 2. The molecule has 4 rings (SSSR count). The molecule has 0 atom stereocenters. The quantitative estimate of drug-likeness (QED) is 0.669. The first-order chi connectivity index (χ1) is 13.1. The summed E-state index contributed by atoms with van der Waals surface area (Å²) in [5.74, 6) is 0.481. The summed E-state index contributed by atoms with van der Waals surface area (Å²) in [6.07, 6.45) is 3.80. The number of carbonyl (C=O) groups excluding carboxylic acids is 1. The van der Waals surface area contributed by atoms with Gasteiger partial charge in [-0.05, 0) is 19.1 Å². The summed E-state index contributed by atoms with van der Waals surface area (Å²) in [7, 11) is 0. The largest absolute Gasteiger partial charge is 0.420 e. The number of hydrogen-bond acceptors (Lipinski definition) is 5. The van der Waals surface area contributed by atoms with E-state index in [0.29, 0.717) is 24.2 Å². The lowest BCUT2D eigenvalue weighted by Crippen LogP contribution is -2.50. The Kier molecular flexibility index (Phi) is 4.81. The van der Waals surface area contributed by atoms with Crippen molar-refractivity contribution in [3.8, 4) is 0 Å². The van der Waals surface area contributed by atoms with Crippen molar-refractivity contribution in [1.29, 1.82) is 0 Å². The highest BCUT2D eigenvalue weighted by atomic mass is 16.4. The van der Waals surface area contributed by atoms with E-state index in [1.54, 1.807) is 12.1 Å². The number of nitrogens with zero attached hydrogens (tertiary/aromatic N) is 5. The summed E-state index contributed by atoms with van der Waals surface area (Å²) in [6, 6.07) is 7.17. The second-order valence-electron chi connectivity index (χ2n) is 6.81. The molecule has 1 saturated heterocycles. The Hall–Kier alpha value is -2.87. The summed E-state index contributed by atoms with van der Waals surface area (Å²) in [5.41, 5.74) is 1.17. The van der Waals surface area contributed by atoms with Gasteiger partial charge in [-0.1, -0.05) is 12.1 Å². The fraction of sp³-hybridized carbons (Fsp3) is 0.421. The van der Waals surface area contributed by atoms with Gasteiger partial charge < -0.3 is 13.9 Å². The molecule has 0 radical (unpaired) electrons. The van der Waals surface area contributed by atoms with E-state index >= 15 is 0 Å². The SMILES string of the molecule is Cc1nccn1CCN1CCN(C(=O)Cn2c(=O)oc3ccccc32)CC1. The molecule has 3 heterocycles. The highest BCUT2D eigenvalue weighted by molar-refractivity contribution is 5.79. The molecule has 8 nitrogen and oxygen atoms in total. The minimum atomic E-state index is -0.487. The maximum absolute atomic E-state index is 12.7. The number of fused-ring (bicyclic) bond motifs is 1. The molecule has 3 aromatic rings. The second kappa shape index (κ2) is 7.40. The van der Waals surface area contributed by atoms with Crippen LogP contribution in [0.15, 0.2) is 45.9 Å². The molecule has 0 bridgehead atoms. The van der Waals surface area contributed by atoms with Crippen LogP contribution in [0.2, 0.25) is 0 Å². The fourth-order valence-corrected chi connectivity index (χ4v) is 3.51. The predicted molar refractivity (Wildman–Crippen MR) is 100 cm³/mol. The van der Waals surface area contributed by atoms with E-state index in [4.69, 9.17) is 4.42 Å². The van der Waals surface area contributed by atoms with E-state index < -0.39 is 5.76 Å². The number of piperazine rings is 1. The van der Waals surface area contributed by atoms with E-state index in [9.17, 15) is 9.59 Å². The molecule has 8 heteroatoms. The van der Waals surface area contributed by atoms with Crippen LogP contribution in [0.1, 0.15) is 5.82 Å². The minimum absolute atomic E-state index is 0.0179. The number of aromatic nitrogens is 3. The molecule has 1 aromatic carbocycles. The van der Waals surface area contributed by atoms with Crippen LogP contribution in [0.3, 0.4) is 0 Å². The Balaban J connectivity index is 1.32. The lowest BCUT2D eigenvalue weighted by molar-refractivity contribution is -0.133. The summed E-state index contributed by atoms with van der Waals surface area (Å²) >= 11 is 0. The topological polar surface area (TPSA) is 76.5 Å². The number of carbonyl (C=O) groups is 1. The third kappa shape index (κ3) is 3.66. The van der Waals surface area contributed by atoms with Crippen LogP contribution in [0.5, 0.6) is 0 Å². The van der Waals surface area contributed by atoms with Crippen LogP contribution in [-0.4, -0.2) is 62.5 Å². The van der Waals surface area contributed by atoms with Crippen molar-refractivity contribution in [3.05, 3.63) is 53.0 Å². The van der Waals surface area contributed by atoms with Gasteiger partial charge in [-0.25, -0.2) is 9.78 Å². The Morgan fingerprint density at radius 2 is 1.93 bits per heavy atom. The van der Waals surface area contributed by atoms with Gasteiger partial charge in [-0.2, -0.15) is 0 Å². The Labute approximate surface area is 156 Å². The molecule has 1 aliphatic rings. The van der Waals surface area contributed by atoms with Gasteiger partial charge in [-0.3, -0.25) is 14.3 Å². The average molecular weight is 369 g/mol. The molecule has 0 spiro atoms. The summed E-state index contributed by atoms with van der Waals surface area (Å²) < 4.78 is 8.74. The standard InChI is InChI=1S/C19H23N5O3/c1-15-20-6-7-22(15)11-8-21-9-12-23(13-10-21)18(25)14-24-16-4-2-3-5-17(16)27-19(24)26/h2-7H,8-14H2,1H3. The second-order valence-corrected chi connectivity index (χ2v) is 6.81. The van der Waals surface area contributed by atoms with Gasteiger partial charge in [0, 0.05) is 51.7 Å². The van der Waals surface area contributed by atoms with E-state index in [2.05, 4.69) is 14.5 Å². The molecule has 27 heavy (non-hydrogen) atoms. The summed E-state index contributed by atoms with van der Waals surface area (Å²) in [4.78, 5) is 33.1. The Morgan fingerprint density at radius 1 is 1.15 bits per heavy atom. The maximum Gasteiger partial charge on any atom is 0.420 e. The van der Waals surface area contributed by atoms with E-state index in [1.165, 1.54) is 4.57 Å². The van der Waals surface area contributed by atoms with Crippen molar-refractivity contribution >= 4 is 17.0 Å². The molecule has 142 valence electrons. The number of hydrogen-bond donors (Lipinski definition) is 0. The van der Waals surface area contributed by atoms with Gasteiger partial charge in [0.25, 0.3) is 0 Å². The van der Waals surface area contributed by atoms with Crippen LogP contribution >= 0.6 is 0 Å². The van der Waals surface area contributed by atoms with E-state index in [0.717, 1.165) is 32.0 Å². The van der Waals surface area contributed by atoms with Crippen molar-refractivity contribution in [2.75, 3.05) is 32.7 Å². The molecule has 2 aromatic heterocycles. The zero-order valence-electron chi connectivity index (χ0n) is 15.4. The van der Waals surface area contributed by atoms with Crippen LogP contribution in [0.4, 0.5) is 0 Å². The van der Waals surface area contributed by atoms with Crippen molar-refractivity contribution in [2.45, 2.75) is 20.0 Å². The predicted octanol–water partition coefficient (Wildman–Crippen LogP) is 0.944. The first-order valence-electron chi connectivity index (χ1n) is 9.18. The Morgan fingerprint density at radius 3 is 2.67 bits per heavy atom. The minimum Gasteiger partial charge on any atom is -0.408 e. The number of oxazole rings is 1. The highest BCUT2D eigenvalue weighted by Crippen LogP contribution is 2.12. The highest BCUT2D eigenvalue weighted by Gasteiger charge is 2.22. The smallest absolute Gasteiger partial charge is 0.408 e. The third-order valence-electron chi connectivity index (χ3n) is 5.17. The van der Waals surface area contributed by atoms with Crippen LogP contribution < -0.4 is 5.76 Å². The molecule has 1 amide bonds. The van der Waals surface area contributed by atoms with Gasteiger partial charge in [-0.15, -0.1) is 0 Å². The number of imidazole rings is 1. The zero-order valence-corrected chi connectivity index (χ0v) is 15.4. The number of amides is 1. The molecular formula is C19H23N5O3. The molecule has 0 N–H and O–H groups in total. The number of aryl methyl sites for hydroxylation is 1. The maximum atomic E-state index is 12.7. The van der Waals surface area contributed by atoms with Gasteiger partial charge in [0.15, 0.2) is 5.58 Å². The van der Waals surface area contributed by atoms with E-state index in [-0.39, 0.29) is 12.5 Å². The number of benzene rings is 1. The monoisotopic (exact) mass is 369 g/mol. The summed E-state index contributed by atoms with van der Waals surface area (Å²) in [6.45, 7) is 6.86. The van der Waals surface area contributed by atoms with Crippen LogP contribution in [0.25, 0.3) is 11.1 Å². The molecule has 1 fully saturated rings. The van der Waals surface area contributed by atoms with Gasteiger partial charge >= 0.3 is 5.76 Å². The third-order valence-corrected chi connectivity index (χ3v) is 5.17. The molecule has 1 aliphatic heterocycles.